The quantitative estimate of drug-likeness (QED) is 0.806. The summed E-state index contributed by atoms with van der Waals surface area (Å²) in [5.41, 5.74) is 2.90. The summed E-state index contributed by atoms with van der Waals surface area (Å²) in [6.45, 7) is 5.73. The first-order valence-corrected chi connectivity index (χ1v) is 7.55. The topological polar surface area (TPSA) is 20.3 Å². The van der Waals surface area contributed by atoms with E-state index in [1.807, 2.05) is 4.90 Å². The van der Waals surface area contributed by atoms with Crippen molar-refractivity contribution in [2.45, 2.75) is 51.9 Å². The molecule has 0 bridgehead atoms. The Bertz CT molecular complexity index is 402. The van der Waals surface area contributed by atoms with Crippen molar-refractivity contribution in [1.82, 2.24) is 4.90 Å². The summed E-state index contributed by atoms with van der Waals surface area (Å²) >= 11 is 0. The highest BCUT2D eigenvalue weighted by atomic mass is 16.2. The maximum absolute atomic E-state index is 11.3. The second-order valence-electron chi connectivity index (χ2n) is 5.63. The number of likely N-dealkylation sites (tertiary alicyclic amines) is 1. The number of benzene rings is 1. The van der Waals surface area contributed by atoms with Gasteiger partial charge >= 0.3 is 0 Å². The summed E-state index contributed by atoms with van der Waals surface area (Å²) in [6.07, 6.45) is 5.93. The molecule has 1 saturated heterocycles. The molecule has 0 saturated carbocycles. The van der Waals surface area contributed by atoms with Gasteiger partial charge in [-0.1, -0.05) is 37.6 Å². The summed E-state index contributed by atoms with van der Waals surface area (Å²) in [4.78, 5) is 13.3. The first-order valence-electron chi connectivity index (χ1n) is 7.55. The lowest BCUT2D eigenvalue weighted by molar-refractivity contribution is -0.129. The van der Waals surface area contributed by atoms with Gasteiger partial charge in [-0.2, -0.15) is 0 Å². The fourth-order valence-electron chi connectivity index (χ4n) is 2.87. The molecule has 2 nitrogen and oxygen atoms in total. The molecule has 2 rings (SSSR count). The lowest BCUT2D eigenvalue weighted by Gasteiger charge is -2.31. The number of aryl methyl sites for hydroxylation is 1. The minimum absolute atomic E-state index is 0.216. The van der Waals surface area contributed by atoms with E-state index in [4.69, 9.17) is 0 Å². The third-order valence-corrected chi connectivity index (χ3v) is 4.21. The highest BCUT2D eigenvalue weighted by molar-refractivity contribution is 5.73. The SMILES string of the molecule is CCCCc1ccc(C2CCN(C(C)=O)CC2)cc1. The lowest BCUT2D eigenvalue weighted by atomic mass is 9.88. The van der Waals surface area contributed by atoms with Crippen LogP contribution in [-0.2, 0) is 11.2 Å². The molecule has 1 aliphatic rings. The third kappa shape index (κ3) is 3.82. The smallest absolute Gasteiger partial charge is 0.219 e. The Morgan fingerprint density at radius 3 is 2.37 bits per heavy atom. The van der Waals surface area contributed by atoms with E-state index in [1.54, 1.807) is 6.92 Å². The predicted molar refractivity (Wildman–Crippen MR) is 79.3 cm³/mol. The molecule has 1 amide bonds. The van der Waals surface area contributed by atoms with Gasteiger partial charge in [0.05, 0.1) is 0 Å². The van der Waals surface area contributed by atoms with E-state index in [1.165, 1.54) is 30.4 Å². The number of amides is 1. The van der Waals surface area contributed by atoms with Gasteiger partial charge in [-0.3, -0.25) is 4.79 Å². The number of hydrogen-bond acceptors (Lipinski definition) is 1. The molecule has 0 spiro atoms. The van der Waals surface area contributed by atoms with Gasteiger partial charge in [-0.25, -0.2) is 0 Å². The van der Waals surface area contributed by atoms with E-state index < -0.39 is 0 Å². The number of piperidine rings is 1. The molecule has 0 N–H and O–H groups in total. The van der Waals surface area contributed by atoms with Crippen molar-refractivity contribution in [1.29, 1.82) is 0 Å². The van der Waals surface area contributed by atoms with Crippen LogP contribution in [-0.4, -0.2) is 23.9 Å². The minimum Gasteiger partial charge on any atom is -0.343 e. The molecule has 1 fully saturated rings. The summed E-state index contributed by atoms with van der Waals surface area (Å²) in [5, 5.41) is 0. The van der Waals surface area contributed by atoms with Gasteiger partial charge in [-0.15, -0.1) is 0 Å². The standard InChI is InChI=1S/C17H25NO/c1-3-4-5-15-6-8-16(9-7-15)17-10-12-18(13-11-17)14(2)19/h6-9,17H,3-5,10-13H2,1-2H3. The zero-order chi connectivity index (χ0) is 13.7. The van der Waals surface area contributed by atoms with Gasteiger partial charge in [0.15, 0.2) is 0 Å². The fourth-order valence-corrected chi connectivity index (χ4v) is 2.87. The van der Waals surface area contributed by atoms with Gasteiger partial charge in [0.2, 0.25) is 5.91 Å². The number of nitrogens with zero attached hydrogens (tertiary/aromatic N) is 1. The van der Waals surface area contributed by atoms with Gasteiger partial charge in [0.25, 0.3) is 0 Å². The molecule has 1 aromatic carbocycles. The van der Waals surface area contributed by atoms with Crippen LogP contribution in [0.1, 0.15) is 56.6 Å². The monoisotopic (exact) mass is 259 g/mol. The van der Waals surface area contributed by atoms with Crippen LogP contribution in [0.4, 0.5) is 0 Å². The first kappa shape index (κ1) is 14.1. The van der Waals surface area contributed by atoms with Crippen LogP contribution in [0.3, 0.4) is 0 Å². The molecule has 0 atom stereocenters. The van der Waals surface area contributed by atoms with E-state index >= 15 is 0 Å². The van der Waals surface area contributed by atoms with Gasteiger partial charge in [-0.05, 0) is 42.7 Å². The molecular weight excluding hydrogens is 234 g/mol. The number of carbonyl (C=O) groups excluding carboxylic acids is 1. The molecule has 1 heterocycles. The van der Waals surface area contributed by atoms with Crippen molar-refractivity contribution in [2.75, 3.05) is 13.1 Å². The van der Waals surface area contributed by atoms with Gasteiger partial charge in [0, 0.05) is 20.0 Å². The largest absolute Gasteiger partial charge is 0.343 e. The van der Waals surface area contributed by atoms with Crippen LogP contribution in [0.15, 0.2) is 24.3 Å². The summed E-state index contributed by atoms with van der Waals surface area (Å²) in [5.74, 6) is 0.851. The third-order valence-electron chi connectivity index (χ3n) is 4.21. The number of hydrogen-bond donors (Lipinski definition) is 0. The second kappa shape index (κ2) is 6.74. The average molecular weight is 259 g/mol. The Hall–Kier alpha value is -1.31. The molecule has 0 radical (unpaired) electrons. The van der Waals surface area contributed by atoms with E-state index in [9.17, 15) is 4.79 Å². The van der Waals surface area contributed by atoms with E-state index in [-0.39, 0.29) is 5.91 Å². The first-order chi connectivity index (χ1) is 9.20. The predicted octanol–water partition coefficient (Wildman–Crippen LogP) is 3.76. The summed E-state index contributed by atoms with van der Waals surface area (Å²) in [7, 11) is 0. The van der Waals surface area contributed by atoms with Gasteiger partial charge in [0.1, 0.15) is 0 Å². The zero-order valence-corrected chi connectivity index (χ0v) is 12.2. The van der Waals surface area contributed by atoms with E-state index in [0.717, 1.165) is 25.9 Å². The molecule has 0 unspecified atom stereocenters. The summed E-state index contributed by atoms with van der Waals surface area (Å²) < 4.78 is 0. The second-order valence-corrected chi connectivity index (χ2v) is 5.63. The Balaban J connectivity index is 1.90. The number of rotatable bonds is 4. The summed E-state index contributed by atoms with van der Waals surface area (Å²) in [6, 6.07) is 9.14. The molecular formula is C17H25NO. The Morgan fingerprint density at radius 1 is 1.21 bits per heavy atom. The Morgan fingerprint density at radius 2 is 1.84 bits per heavy atom. The van der Waals surface area contributed by atoms with E-state index in [0.29, 0.717) is 5.92 Å². The van der Waals surface area contributed by atoms with Crippen LogP contribution in [0.2, 0.25) is 0 Å². The minimum atomic E-state index is 0.216. The normalized spacial score (nSPS) is 16.6. The van der Waals surface area contributed by atoms with Crippen molar-refractivity contribution in [3.05, 3.63) is 35.4 Å². The van der Waals surface area contributed by atoms with Crippen LogP contribution >= 0.6 is 0 Å². The highest BCUT2D eigenvalue weighted by Gasteiger charge is 2.21. The maximum atomic E-state index is 11.3. The number of unbranched alkanes of at least 4 members (excludes halogenated alkanes) is 1. The van der Waals surface area contributed by atoms with E-state index in [2.05, 4.69) is 31.2 Å². The maximum Gasteiger partial charge on any atom is 0.219 e. The van der Waals surface area contributed by atoms with Crippen molar-refractivity contribution in [2.24, 2.45) is 0 Å². The van der Waals surface area contributed by atoms with Crippen LogP contribution in [0.25, 0.3) is 0 Å². The molecule has 0 aliphatic carbocycles. The molecule has 19 heavy (non-hydrogen) atoms. The van der Waals surface area contributed by atoms with Crippen LogP contribution < -0.4 is 0 Å². The fraction of sp³-hybridized carbons (Fsp3) is 0.588. The van der Waals surface area contributed by atoms with Crippen LogP contribution in [0, 0.1) is 0 Å². The molecule has 104 valence electrons. The molecule has 0 aromatic heterocycles. The van der Waals surface area contributed by atoms with Gasteiger partial charge < -0.3 is 4.90 Å². The zero-order valence-electron chi connectivity index (χ0n) is 12.2. The lowest BCUT2D eigenvalue weighted by Crippen LogP contribution is -2.36. The average Bonchev–Trinajstić information content (AvgIpc) is 2.46. The van der Waals surface area contributed by atoms with Crippen LogP contribution in [0.5, 0.6) is 0 Å². The highest BCUT2D eigenvalue weighted by Crippen LogP contribution is 2.28. The van der Waals surface area contributed by atoms with Crippen molar-refractivity contribution in [3.8, 4) is 0 Å². The Labute approximate surface area is 116 Å². The van der Waals surface area contributed by atoms with Crippen molar-refractivity contribution < 1.29 is 4.79 Å². The number of carbonyl (C=O) groups is 1. The Kier molecular flexibility index (Phi) is 5.00. The van der Waals surface area contributed by atoms with Crippen molar-refractivity contribution in [3.63, 3.8) is 0 Å². The van der Waals surface area contributed by atoms with Crippen molar-refractivity contribution >= 4 is 5.91 Å². The molecule has 1 aliphatic heterocycles. The molecule has 1 aromatic rings. The molecule has 2 heteroatoms.